The number of aromatic nitrogens is 1. The van der Waals surface area contributed by atoms with Crippen LogP contribution in [0.4, 0.5) is 10.2 Å². The standard InChI is InChI=1S/C32H47FN4O3/c1-21(2)24-18-27(30(40-5)28(33)19-24)29(32(38)39)36-17-14-26(20-36)37(22(3)4)16-8-6-7-11-25-13-12-23-10-9-15-34-31(23)35-25/h12-13,18-19,21-22,26,29H,6-11,14-17,20H2,1-5H3,(H,34,35)(H,38,39)/t26-,29-/m1/s1. The fourth-order valence-electron chi connectivity index (χ4n) is 6.30. The minimum atomic E-state index is -0.971. The first-order valence-corrected chi connectivity index (χ1v) is 15.0. The van der Waals surface area contributed by atoms with Gasteiger partial charge in [-0.1, -0.05) is 26.3 Å². The van der Waals surface area contributed by atoms with E-state index in [-0.39, 0.29) is 17.7 Å². The summed E-state index contributed by atoms with van der Waals surface area (Å²) >= 11 is 0. The number of carboxylic acids is 1. The quantitative estimate of drug-likeness (QED) is 0.293. The maximum absolute atomic E-state index is 14.9. The van der Waals surface area contributed by atoms with Crippen LogP contribution in [0.25, 0.3) is 0 Å². The van der Waals surface area contributed by atoms with E-state index < -0.39 is 17.8 Å². The molecule has 0 spiro atoms. The molecule has 2 aromatic rings. The molecule has 0 radical (unpaired) electrons. The highest BCUT2D eigenvalue weighted by Gasteiger charge is 2.38. The summed E-state index contributed by atoms with van der Waals surface area (Å²) in [6, 6.07) is 7.35. The van der Waals surface area contributed by atoms with Crippen molar-refractivity contribution in [3.63, 3.8) is 0 Å². The van der Waals surface area contributed by atoms with E-state index >= 15 is 0 Å². The van der Waals surface area contributed by atoms with Crippen molar-refractivity contribution in [3.8, 4) is 5.75 Å². The number of carbonyl (C=O) groups is 1. The van der Waals surface area contributed by atoms with Crippen molar-refractivity contribution in [2.24, 2.45) is 0 Å². The molecular weight excluding hydrogens is 507 g/mol. The van der Waals surface area contributed by atoms with E-state index in [1.807, 2.05) is 24.8 Å². The van der Waals surface area contributed by atoms with Crippen LogP contribution in [0, 0.1) is 5.82 Å². The molecule has 1 aromatic heterocycles. The first-order valence-electron chi connectivity index (χ1n) is 15.0. The number of hydrogen-bond acceptors (Lipinski definition) is 6. The number of ether oxygens (including phenoxy) is 1. The zero-order valence-corrected chi connectivity index (χ0v) is 24.9. The van der Waals surface area contributed by atoms with Gasteiger partial charge in [-0.2, -0.15) is 0 Å². The van der Waals surface area contributed by atoms with Gasteiger partial charge in [0.1, 0.15) is 11.9 Å². The Balaban J connectivity index is 1.35. The highest BCUT2D eigenvalue weighted by atomic mass is 19.1. The summed E-state index contributed by atoms with van der Waals surface area (Å²) in [5.41, 5.74) is 3.67. The Kier molecular flexibility index (Phi) is 10.4. The summed E-state index contributed by atoms with van der Waals surface area (Å²) in [6.07, 6.45) is 7.49. The van der Waals surface area contributed by atoms with Gasteiger partial charge in [0.2, 0.25) is 0 Å². The number of methoxy groups -OCH3 is 1. The number of aryl methyl sites for hydroxylation is 2. The summed E-state index contributed by atoms with van der Waals surface area (Å²) in [7, 11) is 1.40. The molecule has 40 heavy (non-hydrogen) atoms. The van der Waals surface area contributed by atoms with Crippen LogP contribution in [0.2, 0.25) is 0 Å². The zero-order chi connectivity index (χ0) is 28.8. The van der Waals surface area contributed by atoms with Gasteiger partial charge < -0.3 is 15.2 Å². The largest absolute Gasteiger partial charge is 0.493 e. The normalized spacial score (nSPS) is 18.3. The predicted molar refractivity (Wildman–Crippen MR) is 158 cm³/mol. The molecule has 2 N–H and O–H groups in total. The molecule has 0 unspecified atom stereocenters. The Bertz CT molecular complexity index is 1160. The molecule has 0 amide bonds. The van der Waals surface area contributed by atoms with E-state index in [1.54, 1.807) is 0 Å². The number of fused-ring (bicyclic) bond motifs is 1. The smallest absolute Gasteiger partial charge is 0.325 e. The highest BCUT2D eigenvalue weighted by molar-refractivity contribution is 5.77. The second kappa shape index (κ2) is 13.8. The lowest BCUT2D eigenvalue weighted by atomic mass is 9.95. The molecule has 7 nitrogen and oxygen atoms in total. The third-order valence-corrected chi connectivity index (χ3v) is 8.49. The van der Waals surface area contributed by atoms with Gasteiger partial charge in [-0.15, -0.1) is 0 Å². The molecule has 2 aliphatic rings. The molecule has 220 valence electrons. The van der Waals surface area contributed by atoms with Gasteiger partial charge in [-0.3, -0.25) is 14.6 Å². The minimum Gasteiger partial charge on any atom is -0.493 e. The summed E-state index contributed by atoms with van der Waals surface area (Å²) in [6.45, 7) is 11.7. The highest BCUT2D eigenvalue weighted by Crippen LogP contribution is 2.37. The van der Waals surface area contributed by atoms with Crippen LogP contribution in [0.3, 0.4) is 0 Å². The van der Waals surface area contributed by atoms with Gasteiger partial charge >= 0.3 is 5.97 Å². The van der Waals surface area contributed by atoms with Crippen LogP contribution in [0.1, 0.15) is 94.1 Å². The number of hydrogen-bond donors (Lipinski definition) is 2. The molecule has 4 rings (SSSR count). The summed E-state index contributed by atoms with van der Waals surface area (Å²) in [5.74, 6) is -0.296. The number of nitrogens with zero attached hydrogens (tertiary/aromatic N) is 3. The Hall–Kier alpha value is -2.71. The lowest BCUT2D eigenvalue weighted by Crippen LogP contribution is -2.43. The number of rotatable bonds is 13. The van der Waals surface area contributed by atoms with E-state index in [0.29, 0.717) is 24.7 Å². The molecule has 0 saturated carbocycles. The van der Waals surface area contributed by atoms with Crippen molar-refractivity contribution in [1.82, 2.24) is 14.8 Å². The van der Waals surface area contributed by atoms with Crippen molar-refractivity contribution >= 4 is 11.8 Å². The average Bonchev–Trinajstić information content (AvgIpc) is 3.39. The summed E-state index contributed by atoms with van der Waals surface area (Å²) in [4.78, 5) is 21.9. The van der Waals surface area contributed by atoms with Crippen molar-refractivity contribution < 1.29 is 19.0 Å². The van der Waals surface area contributed by atoms with Crippen LogP contribution >= 0.6 is 0 Å². The maximum Gasteiger partial charge on any atom is 0.325 e. The molecule has 2 aliphatic heterocycles. The van der Waals surface area contributed by atoms with E-state index in [4.69, 9.17) is 9.72 Å². The van der Waals surface area contributed by atoms with Crippen molar-refractivity contribution in [1.29, 1.82) is 0 Å². The predicted octanol–water partition coefficient (Wildman–Crippen LogP) is 6.03. The fourth-order valence-corrected chi connectivity index (χ4v) is 6.30. The molecule has 1 fully saturated rings. The first-order chi connectivity index (χ1) is 19.2. The number of pyridine rings is 1. The van der Waals surface area contributed by atoms with Crippen molar-refractivity contribution in [2.45, 2.75) is 96.7 Å². The molecule has 0 bridgehead atoms. The summed E-state index contributed by atoms with van der Waals surface area (Å²) in [5, 5.41) is 13.7. The van der Waals surface area contributed by atoms with E-state index in [0.717, 1.165) is 68.7 Å². The van der Waals surface area contributed by atoms with E-state index in [1.165, 1.54) is 25.2 Å². The van der Waals surface area contributed by atoms with Crippen LogP contribution in [0.5, 0.6) is 5.75 Å². The molecule has 2 atom stereocenters. The molecule has 1 aromatic carbocycles. The van der Waals surface area contributed by atoms with Gasteiger partial charge in [0, 0.05) is 43.0 Å². The maximum atomic E-state index is 14.9. The third kappa shape index (κ3) is 7.13. The topological polar surface area (TPSA) is 77.9 Å². The summed E-state index contributed by atoms with van der Waals surface area (Å²) < 4.78 is 20.3. The number of likely N-dealkylation sites (tertiary alicyclic amines) is 1. The number of aliphatic carboxylic acids is 1. The minimum absolute atomic E-state index is 0.0326. The van der Waals surface area contributed by atoms with Gasteiger partial charge in [-0.25, -0.2) is 9.37 Å². The van der Waals surface area contributed by atoms with Gasteiger partial charge in [0.05, 0.1) is 7.11 Å². The number of anilines is 1. The third-order valence-electron chi connectivity index (χ3n) is 8.49. The molecule has 8 heteroatoms. The number of benzene rings is 1. The number of nitrogens with one attached hydrogen (secondary N) is 1. The van der Waals surface area contributed by atoms with Crippen LogP contribution in [0.15, 0.2) is 24.3 Å². The second-order valence-electron chi connectivity index (χ2n) is 11.9. The number of halogens is 1. The van der Waals surface area contributed by atoms with E-state index in [2.05, 4.69) is 36.2 Å². The lowest BCUT2D eigenvalue weighted by Gasteiger charge is -2.33. The van der Waals surface area contributed by atoms with Crippen molar-refractivity contribution in [3.05, 3.63) is 52.5 Å². The van der Waals surface area contributed by atoms with Crippen LogP contribution in [-0.2, 0) is 17.6 Å². The average molecular weight is 555 g/mol. The van der Waals surface area contributed by atoms with Gasteiger partial charge in [0.15, 0.2) is 11.6 Å². The second-order valence-corrected chi connectivity index (χ2v) is 11.9. The first kappa shape index (κ1) is 30.3. The molecule has 0 aliphatic carbocycles. The Morgan fingerprint density at radius 2 is 2.02 bits per heavy atom. The molecular formula is C32H47FN4O3. The molecule has 1 saturated heterocycles. The Morgan fingerprint density at radius 3 is 2.73 bits per heavy atom. The Morgan fingerprint density at radius 1 is 1.23 bits per heavy atom. The SMILES string of the molecule is COc1c(F)cc(C(C)C)cc1[C@H](C(=O)O)N1CC[C@@H](N(CCCCCc2ccc3c(n2)NCCC3)C(C)C)C1. The van der Waals surface area contributed by atoms with Crippen LogP contribution < -0.4 is 10.1 Å². The van der Waals surface area contributed by atoms with Gasteiger partial charge in [-0.05, 0) is 94.2 Å². The van der Waals surface area contributed by atoms with E-state index in [9.17, 15) is 14.3 Å². The molecule has 3 heterocycles. The Labute approximate surface area is 239 Å². The fraction of sp³-hybridized carbons (Fsp3) is 0.625. The van der Waals surface area contributed by atoms with Crippen LogP contribution in [-0.4, -0.2) is 71.2 Å². The van der Waals surface area contributed by atoms with Crippen molar-refractivity contribution in [2.75, 3.05) is 38.6 Å². The monoisotopic (exact) mass is 554 g/mol. The number of unbranched alkanes of at least 4 members (excludes halogenated alkanes) is 2. The van der Waals surface area contributed by atoms with Gasteiger partial charge in [0.25, 0.3) is 0 Å². The zero-order valence-electron chi connectivity index (χ0n) is 24.9. The lowest BCUT2D eigenvalue weighted by molar-refractivity contribution is -0.143. The number of carboxylic acid groups (broad SMARTS) is 1.